The van der Waals surface area contributed by atoms with Crippen LogP contribution in [-0.2, 0) is 0 Å². The highest BCUT2D eigenvalue weighted by Gasteiger charge is 2.27. The SMILES string of the molecule is C1CCC([C@@H]2CCC[N]2)C1. The quantitative estimate of drug-likeness (QED) is 0.526. The lowest BCUT2D eigenvalue weighted by molar-refractivity contribution is 0.394. The molecule has 1 heterocycles. The Balaban J connectivity index is 1.85. The monoisotopic (exact) mass is 138 g/mol. The fourth-order valence-electron chi connectivity index (χ4n) is 2.38. The molecule has 1 saturated heterocycles. The molecule has 2 fully saturated rings. The molecule has 1 aliphatic carbocycles. The van der Waals surface area contributed by atoms with Gasteiger partial charge in [-0.15, -0.1) is 0 Å². The van der Waals surface area contributed by atoms with Crippen LogP contribution >= 0.6 is 0 Å². The van der Waals surface area contributed by atoms with Gasteiger partial charge in [0.05, 0.1) is 0 Å². The minimum absolute atomic E-state index is 0.780. The highest BCUT2D eigenvalue weighted by Crippen LogP contribution is 2.31. The van der Waals surface area contributed by atoms with Crippen LogP contribution in [0.3, 0.4) is 0 Å². The molecule has 2 rings (SSSR count). The third kappa shape index (κ3) is 1.20. The average molecular weight is 138 g/mol. The van der Waals surface area contributed by atoms with Crippen LogP contribution in [0.1, 0.15) is 38.5 Å². The van der Waals surface area contributed by atoms with E-state index in [1.54, 1.807) is 0 Å². The summed E-state index contributed by atoms with van der Waals surface area (Å²) in [6.07, 6.45) is 8.63. The van der Waals surface area contributed by atoms with Gasteiger partial charge in [-0.25, -0.2) is 5.32 Å². The van der Waals surface area contributed by atoms with Crippen LogP contribution < -0.4 is 5.32 Å². The van der Waals surface area contributed by atoms with Gasteiger partial charge in [0.2, 0.25) is 0 Å². The zero-order chi connectivity index (χ0) is 6.81. The fourth-order valence-corrected chi connectivity index (χ4v) is 2.38. The van der Waals surface area contributed by atoms with Crippen LogP contribution in [0.2, 0.25) is 0 Å². The molecule has 1 aliphatic heterocycles. The highest BCUT2D eigenvalue weighted by molar-refractivity contribution is 4.83. The predicted octanol–water partition coefficient (Wildman–Crippen LogP) is 1.94. The first-order chi connectivity index (χ1) is 4.97. The van der Waals surface area contributed by atoms with E-state index in [0.717, 1.165) is 18.5 Å². The van der Waals surface area contributed by atoms with E-state index in [2.05, 4.69) is 5.32 Å². The summed E-state index contributed by atoms with van der Waals surface area (Å²) in [6.45, 7) is 1.15. The molecule has 0 aromatic heterocycles. The Kier molecular flexibility index (Phi) is 1.94. The van der Waals surface area contributed by atoms with Crippen LogP contribution in [0.4, 0.5) is 0 Å². The Hall–Kier alpha value is -0.0400. The van der Waals surface area contributed by atoms with Crippen molar-refractivity contribution in [2.24, 2.45) is 5.92 Å². The molecule has 10 heavy (non-hydrogen) atoms. The van der Waals surface area contributed by atoms with Gasteiger partial charge in [0, 0.05) is 12.6 Å². The summed E-state index contributed by atoms with van der Waals surface area (Å²) in [5, 5.41) is 4.62. The lowest BCUT2D eigenvalue weighted by Gasteiger charge is -2.15. The molecule has 0 amide bonds. The summed E-state index contributed by atoms with van der Waals surface area (Å²) >= 11 is 0. The van der Waals surface area contributed by atoms with Gasteiger partial charge >= 0.3 is 0 Å². The maximum Gasteiger partial charge on any atom is 0.0274 e. The van der Waals surface area contributed by atoms with Gasteiger partial charge in [-0.1, -0.05) is 12.8 Å². The van der Waals surface area contributed by atoms with E-state index in [4.69, 9.17) is 0 Å². The summed E-state index contributed by atoms with van der Waals surface area (Å²) in [7, 11) is 0. The van der Waals surface area contributed by atoms with Crippen molar-refractivity contribution in [1.82, 2.24) is 5.32 Å². The fraction of sp³-hybridized carbons (Fsp3) is 1.00. The van der Waals surface area contributed by atoms with Crippen molar-refractivity contribution in [3.8, 4) is 0 Å². The molecular formula is C9H16N. The van der Waals surface area contributed by atoms with E-state index in [9.17, 15) is 0 Å². The number of hydrogen-bond donors (Lipinski definition) is 0. The first-order valence-electron chi connectivity index (χ1n) is 4.63. The summed E-state index contributed by atoms with van der Waals surface area (Å²) in [6, 6.07) is 0.780. The molecule has 0 N–H and O–H groups in total. The third-order valence-electron chi connectivity index (χ3n) is 2.97. The van der Waals surface area contributed by atoms with Gasteiger partial charge < -0.3 is 0 Å². The highest BCUT2D eigenvalue weighted by atomic mass is 14.9. The number of rotatable bonds is 1. The maximum atomic E-state index is 4.62. The molecule has 0 unspecified atom stereocenters. The second-order valence-electron chi connectivity index (χ2n) is 3.66. The molecule has 1 radical (unpaired) electrons. The van der Waals surface area contributed by atoms with Gasteiger partial charge in [-0.3, -0.25) is 0 Å². The van der Waals surface area contributed by atoms with E-state index >= 15 is 0 Å². The smallest absolute Gasteiger partial charge is 0.0274 e. The van der Waals surface area contributed by atoms with Gasteiger partial charge in [-0.05, 0) is 31.6 Å². The van der Waals surface area contributed by atoms with Crippen LogP contribution in [0.5, 0.6) is 0 Å². The average Bonchev–Trinajstić information content (AvgIpc) is 2.59. The van der Waals surface area contributed by atoms with Gasteiger partial charge in [0.15, 0.2) is 0 Å². The van der Waals surface area contributed by atoms with Crippen LogP contribution in [-0.4, -0.2) is 12.6 Å². The summed E-state index contributed by atoms with van der Waals surface area (Å²) in [4.78, 5) is 0. The summed E-state index contributed by atoms with van der Waals surface area (Å²) in [5.74, 6) is 0.988. The van der Waals surface area contributed by atoms with Crippen LogP contribution in [0, 0.1) is 5.92 Å². The number of hydrogen-bond acceptors (Lipinski definition) is 0. The van der Waals surface area contributed by atoms with E-state index in [1.165, 1.54) is 38.5 Å². The summed E-state index contributed by atoms with van der Waals surface area (Å²) in [5.41, 5.74) is 0. The van der Waals surface area contributed by atoms with Gasteiger partial charge in [0.25, 0.3) is 0 Å². The molecule has 1 saturated carbocycles. The standard InChI is InChI=1S/C9H16N/c1-2-5-8(4-1)9-6-3-7-10-9/h8-9H,1-7H2/t9-/m0/s1. The topological polar surface area (TPSA) is 14.1 Å². The molecule has 1 atom stereocenters. The Bertz CT molecular complexity index is 85.3. The molecule has 0 spiro atoms. The van der Waals surface area contributed by atoms with E-state index < -0.39 is 0 Å². The van der Waals surface area contributed by atoms with Crippen molar-refractivity contribution < 1.29 is 0 Å². The van der Waals surface area contributed by atoms with Crippen molar-refractivity contribution in [3.63, 3.8) is 0 Å². The predicted molar refractivity (Wildman–Crippen MR) is 42.0 cm³/mol. The largest absolute Gasteiger partial charge is 0.238 e. The zero-order valence-electron chi connectivity index (χ0n) is 6.55. The zero-order valence-corrected chi connectivity index (χ0v) is 6.55. The first-order valence-corrected chi connectivity index (χ1v) is 4.63. The number of nitrogens with zero attached hydrogens (tertiary/aromatic N) is 1. The maximum absolute atomic E-state index is 4.62. The molecule has 0 aromatic rings. The van der Waals surface area contributed by atoms with Gasteiger partial charge in [-0.2, -0.15) is 0 Å². The van der Waals surface area contributed by atoms with Gasteiger partial charge in [0.1, 0.15) is 0 Å². The molecular weight excluding hydrogens is 122 g/mol. The van der Waals surface area contributed by atoms with E-state index in [-0.39, 0.29) is 0 Å². The Morgan fingerprint density at radius 3 is 2.30 bits per heavy atom. The minimum atomic E-state index is 0.780. The second kappa shape index (κ2) is 2.91. The van der Waals surface area contributed by atoms with Crippen LogP contribution in [0.15, 0.2) is 0 Å². The molecule has 2 aliphatic rings. The van der Waals surface area contributed by atoms with Crippen molar-refractivity contribution >= 4 is 0 Å². The second-order valence-corrected chi connectivity index (χ2v) is 3.66. The molecule has 57 valence electrons. The lowest BCUT2D eigenvalue weighted by Crippen LogP contribution is -2.22. The lowest BCUT2D eigenvalue weighted by atomic mass is 9.97. The Morgan fingerprint density at radius 2 is 1.70 bits per heavy atom. The van der Waals surface area contributed by atoms with Crippen molar-refractivity contribution in [1.29, 1.82) is 0 Å². The molecule has 1 heteroatoms. The van der Waals surface area contributed by atoms with Crippen LogP contribution in [0.25, 0.3) is 0 Å². The third-order valence-corrected chi connectivity index (χ3v) is 2.97. The van der Waals surface area contributed by atoms with Crippen molar-refractivity contribution in [2.45, 2.75) is 44.6 Å². The molecule has 0 bridgehead atoms. The van der Waals surface area contributed by atoms with E-state index in [1.807, 2.05) is 0 Å². The van der Waals surface area contributed by atoms with Crippen molar-refractivity contribution in [3.05, 3.63) is 0 Å². The molecule has 1 nitrogen and oxygen atoms in total. The Labute approximate surface area is 63.2 Å². The normalized spacial score (nSPS) is 35.4. The molecule has 0 aromatic carbocycles. The minimum Gasteiger partial charge on any atom is -0.238 e. The summed E-state index contributed by atoms with van der Waals surface area (Å²) < 4.78 is 0. The first kappa shape index (κ1) is 6.66. The van der Waals surface area contributed by atoms with E-state index in [0.29, 0.717) is 0 Å². The Morgan fingerprint density at radius 1 is 0.900 bits per heavy atom. The van der Waals surface area contributed by atoms with Crippen molar-refractivity contribution in [2.75, 3.05) is 6.54 Å².